The van der Waals surface area contributed by atoms with E-state index < -0.39 is 15.6 Å². The molecule has 47 heavy (non-hydrogen) atoms. The molecule has 0 bridgehead atoms. The van der Waals surface area contributed by atoms with E-state index in [9.17, 15) is 13.2 Å². The number of benzene rings is 2. The van der Waals surface area contributed by atoms with Crippen molar-refractivity contribution >= 4 is 10.0 Å². The Bertz CT molecular complexity index is 1820. The van der Waals surface area contributed by atoms with Gasteiger partial charge in [0.1, 0.15) is 5.82 Å². The van der Waals surface area contributed by atoms with Crippen LogP contribution in [0.25, 0.3) is 17.1 Å². The molecule has 1 aliphatic carbocycles. The van der Waals surface area contributed by atoms with Crippen LogP contribution in [0.3, 0.4) is 0 Å². The van der Waals surface area contributed by atoms with E-state index in [1.807, 2.05) is 64.1 Å². The van der Waals surface area contributed by atoms with Gasteiger partial charge >= 0.3 is 0 Å². The summed E-state index contributed by atoms with van der Waals surface area (Å²) in [6, 6.07) is 14.8. The third kappa shape index (κ3) is 8.34. The zero-order valence-electron chi connectivity index (χ0n) is 28.3. The highest BCUT2D eigenvalue weighted by atomic mass is 32.2. The lowest BCUT2D eigenvalue weighted by Crippen LogP contribution is -2.40. The Balaban J connectivity index is 1.56. The number of sulfonamides is 1. The van der Waals surface area contributed by atoms with Crippen LogP contribution in [0.2, 0.25) is 0 Å². The lowest BCUT2D eigenvalue weighted by molar-refractivity contribution is 0.337. The Morgan fingerprint density at radius 1 is 0.957 bits per heavy atom. The number of nitrogens with one attached hydrogen (secondary N) is 1. The fourth-order valence-corrected chi connectivity index (χ4v) is 7.89. The number of nitrogens with zero attached hydrogens (tertiary/aromatic N) is 4. The largest absolute Gasteiger partial charge is 0.491 e. The zero-order chi connectivity index (χ0) is 33.6. The summed E-state index contributed by atoms with van der Waals surface area (Å²) in [4.78, 5) is 29.1. The highest BCUT2D eigenvalue weighted by molar-refractivity contribution is 7.89. The number of unbranched alkanes of at least 4 members (excludes halogenated alkanes) is 1. The number of aromatic nitrogens is 4. The first-order valence-corrected chi connectivity index (χ1v) is 18.3. The molecule has 0 amide bonds. The first-order valence-electron chi connectivity index (χ1n) is 16.8. The molecule has 2 heterocycles. The van der Waals surface area contributed by atoms with Crippen LogP contribution in [0, 0.1) is 0 Å². The lowest BCUT2D eigenvalue weighted by atomic mass is 9.88. The van der Waals surface area contributed by atoms with Crippen molar-refractivity contribution in [1.82, 2.24) is 24.2 Å². The average molecular weight is 658 g/mol. The normalized spacial score (nSPS) is 14.3. The highest BCUT2D eigenvalue weighted by Crippen LogP contribution is 2.33. The maximum Gasteiger partial charge on any atom is 0.264 e. The molecule has 1 N–H and O–H groups in total. The van der Waals surface area contributed by atoms with Gasteiger partial charge in [-0.05, 0) is 70.6 Å². The number of aryl methyl sites for hydroxylation is 1. The number of hydrogen-bond donors (Lipinski definition) is 1. The van der Waals surface area contributed by atoms with Crippen molar-refractivity contribution in [2.24, 2.45) is 0 Å². The molecule has 0 unspecified atom stereocenters. The molecule has 0 aliphatic heterocycles. The summed E-state index contributed by atoms with van der Waals surface area (Å²) in [5, 5.41) is 0. The van der Waals surface area contributed by atoms with Crippen molar-refractivity contribution in [3.8, 4) is 22.8 Å². The van der Waals surface area contributed by atoms with Crippen LogP contribution in [0.1, 0.15) is 108 Å². The highest BCUT2D eigenvalue weighted by Gasteiger charge is 2.27. The molecule has 0 spiro atoms. The third-order valence-electron chi connectivity index (χ3n) is 8.41. The quantitative estimate of drug-likeness (QED) is 0.172. The summed E-state index contributed by atoms with van der Waals surface area (Å²) < 4.78 is 36.5. The van der Waals surface area contributed by atoms with E-state index in [4.69, 9.17) is 9.72 Å². The van der Waals surface area contributed by atoms with Crippen molar-refractivity contribution in [3.63, 3.8) is 0 Å². The van der Waals surface area contributed by atoms with E-state index >= 15 is 0 Å². The maximum atomic E-state index is 14.5. The molecule has 0 saturated heterocycles. The Kier molecular flexibility index (Phi) is 10.9. The van der Waals surface area contributed by atoms with Crippen LogP contribution in [-0.4, -0.2) is 40.1 Å². The minimum Gasteiger partial charge on any atom is -0.491 e. The number of ether oxygens (including phenoxy) is 1. The first-order chi connectivity index (χ1) is 22.5. The number of hydrogen-bond acceptors (Lipinski definition) is 7. The predicted molar refractivity (Wildman–Crippen MR) is 186 cm³/mol. The van der Waals surface area contributed by atoms with Crippen molar-refractivity contribution < 1.29 is 13.2 Å². The minimum atomic E-state index is -3.75. The van der Waals surface area contributed by atoms with Crippen molar-refractivity contribution in [2.45, 2.75) is 109 Å². The van der Waals surface area contributed by atoms with Gasteiger partial charge in [0.25, 0.3) is 5.56 Å². The second kappa shape index (κ2) is 14.9. The van der Waals surface area contributed by atoms with Crippen LogP contribution in [0.15, 0.2) is 70.6 Å². The third-order valence-corrected chi connectivity index (χ3v) is 10.2. The fourth-order valence-electron chi connectivity index (χ4n) is 6.24. The molecule has 10 heteroatoms. The van der Waals surface area contributed by atoms with Crippen molar-refractivity contribution in [1.29, 1.82) is 0 Å². The topological polar surface area (TPSA) is 116 Å². The van der Waals surface area contributed by atoms with Gasteiger partial charge in [-0.2, -0.15) is 0 Å². The molecule has 5 rings (SSSR count). The summed E-state index contributed by atoms with van der Waals surface area (Å²) in [5.41, 5.74) is 3.06. The van der Waals surface area contributed by atoms with Gasteiger partial charge in [0, 0.05) is 29.0 Å². The molecule has 1 fully saturated rings. The Labute approximate surface area is 278 Å². The van der Waals surface area contributed by atoms with Crippen molar-refractivity contribution in [3.05, 3.63) is 93.9 Å². The van der Waals surface area contributed by atoms with E-state index in [2.05, 4.69) is 21.6 Å². The summed E-state index contributed by atoms with van der Waals surface area (Å²) in [6.45, 7) is 10.0. The molecule has 9 nitrogen and oxygen atoms in total. The molecular weight excluding hydrogens is 611 g/mol. The summed E-state index contributed by atoms with van der Waals surface area (Å²) in [7, 11) is -3.75. The first kappa shape index (κ1) is 34.4. The second-order valence-corrected chi connectivity index (χ2v) is 15.0. The van der Waals surface area contributed by atoms with Crippen LogP contribution in [-0.2, 0) is 22.9 Å². The molecule has 4 aromatic rings. The molecule has 1 aliphatic rings. The monoisotopic (exact) mass is 657 g/mol. The van der Waals surface area contributed by atoms with Gasteiger partial charge in [-0.3, -0.25) is 4.79 Å². The fraction of sp³-hybridized carbons (Fsp3) is 0.459. The minimum absolute atomic E-state index is 0.135. The van der Waals surface area contributed by atoms with Gasteiger partial charge < -0.3 is 4.74 Å². The average Bonchev–Trinajstić information content (AvgIpc) is 3.05. The second-order valence-electron chi connectivity index (χ2n) is 13.4. The van der Waals surface area contributed by atoms with E-state index in [0.717, 1.165) is 67.6 Å². The Morgan fingerprint density at radius 3 is 2.28 bits per heavy atom. The molecule has 250 valence electrons. The molecule has 0 atom stereocenters. The van der Waals surface area contributed by atoms with Gasteiger partial charge in [-0.1, -0.05) is 75.1 Å². The van der Waals surface area contributed by atoms with Gasteiger partial charge in [0.05, 0.1) is 29.6 Å². The Morgan fingerprint density at radius 2 is 1.64 bits per heavy atom. The molecule has 2 aromatic carbocycles. The Hall–Kier alpha value is -3.89. The maximum absolute atomic E-state index is 14.5. The predicted octanol–water partition coefficient (Wildman–Crippen LogP) is 7.15. The van der Waals surface area contributed by atoms with E-state index in [0.29, 0.717) is 35.9 Å². The summed E-state index contributed by atoms with van der Waals surface area (Å²) >= 11 is 0. The van der Waals surface area contributed by atoms with Crippen molar-refractivity contribution in [2.75, 3.05) is 6.61 Å². The number of rotatable bonds is 12. The summed E-state index contributed by atoms with van der Waals surface area (Å²) in [6.07, 6.45) is 11.6. The molecule has 1 saturated carbocycles. The van der Waals surface area contributed by atoms with E-state index in [1.165, 1.54) is 6.42 Å². The summed E-state index contributed by atoms with van der Waals surface area (Å²) in [5.74, 6) is 1.79. The van der Waals surface area contributed by atoms with Gasteiger partial charge in [0.15, 0.2) is 5.75 Å². The molecule has 0 radical (unpaired) electrons. The van der Waals surface area contributed by atoms with E-state index in [-0.39, 0.29) is 16.4 Å². The molecule has 2 aromatic heterocycles. The van der Waals surface area contributed by atoms with Gasteiger partial charge in [-0.25, -0.2) is 32.7 Å². The van der Waals surface area contributed by atoms with Crippen LogP contribution < -0.4 is 15.0 Å². The van der Waals surface area contributed by atoms with E-state index in [1.54, 1.807) is 29.1 Å². The lowest BCUT2D eigenvalue weighted by Gasteiger charge is -2.25. The van der Waals surface area contributed by atoms with Gasteiger partial charge in [0.2, 0.25) is 16.0 Å². The zero-order valence-corrected chi connectivity index (χ0v) is 29.1. The smallest absolute Gasteiger partial charge is 0.264 e. The molecular formula is C37H47N5O4S. The van der Waals surface area contributed by atoms with Crippen LogP contribution in [0.4, 0.5) is 0 Å². The SMILES string of the molecule is CCCCc1nc(C2CCCCC2)n(-c2ncc(OCC)cn2)c(=O)c1Cc1ccc(-c2ccccc2S(=O)(=O)NC(C)(C)C)cc1. The standard InChI is InChI=1S/C37H47N5O4S/c1-6-8-17-32-31(23-26-19-21-27(22-20-26)30-16-12-13-18-33(30)47(44,45)41-37(3,4)5)35(43)42(34(40-32)28-14-10-9-11-15-28)36-38-24-29(25-39-36)46-7-2/h12-13,16,18-22,24-25,28,41H,6-11,14-15,17,23H2,1-5H3. The van der Waals surface area contributed by atoms with Crippen LogP contribution in [0.5, 0.6) is 5.75 Å². The van der Waals surface area contributed by atoms with Gasteiger partial charge in [-0.15, -0.1) is 0 Å². The van der Waals surface area contributed by atoms with Crippen LogP contribution >= 0.6 is 0 Å².